The van der Waals surface area contributed by atoms with E-state index in [1.807, 2.05) is 27.2 Å². The molecule has 0 saturated carbocycles. The van der Waals surface area contributed by atoms with Crippen molar-refractivity contribution in [2.45, 2.75) is 69.0 Å². The van der Waals surface area contributed by atoms with Gasteiger partial charge in [0.15, 0.2) is 11.5 Å². The van der Waals surface area contributed by atoms with Crippen LogP contribution in [0.25, 0.3) is 22.3 Å². The Morgan fingerprint density at radius 1 is 0.938 bits per heavy atom. The Labute approximate surface area is 285 Å². The van der Waals surface area contributed by atoms with Crippen molar-refractivity contribution in [3.63, 3.8) is 0 Å². The number of hydrogen-bond donors (Lipinski definition) is 7. The SMILES string of the molecule is CC(C)Nc1ncnc2c1ncn2[C@@H]1O[C@H](CO[PH](C)(C)S)[C@@H](O[P@@](=O)(S)OC[C@H]2O[C@@H](n3cnc4c(N)ncnc43)[C@H](O)[C@@H]2O)[C@H]1O. The van der Waals surface area contributed by atoms with Gasteiger partial charge in [-0.05, 0) is 0 Å². The van der Waals surface area contributed by atoms with Gasteiger partial charge in [0, 0.05) is 0 Å². The number of nitrogens with one attached hydrogen (secondary N) is 1. The molecule has 4 aromatic heterocycles. The average Bonchev–Trinajstić information content (AvgIpc) is 3.77. The Kier molecular flexibility index (Phi) is 10.2. The van der Waals surface area contributed by atoms with Crippen LogP contribution in [0, 0.1) is 0 Å². The molecule has 0 spiro atoms. The van der Waals surface area contributed by atoms with E-state index in [9.17, 15) is 19.9 Å². The molecule has 9 atom stereocenters. The molecule has 6 heterocycles. The monoisotopic (exact) mass is 748 g/mol. The molecule has 0 aliphatic carbocycles. The summed E-state index contributed by atoms with van der Waals surface area (Å²) in [6.07, 6.45) is -4.47. The van der Waals surface area contributed by atoms with E-state index in [4.69, 9.17) is 28.8 Å². The number of fused-ring (bicyclic) bond motifs is 2. The number of anilines is 2. The quantitative estimate of drug-likeness (QED) is 0.0793. The number of hydrogen-bond acceptors (Lipinski definition) is 18. The van der Waals surface area contributed by atoms with Crippen molar-refractivity contribution in [1.29, 1.82) is 0 Å². The summed E-state index contributed by atoms with van der Waals surface area (Å²) in [7, 11) is 0. The number of rotatable bonds is 12. The number of nitrogens with two attached hydrogens (primary N) is 1. The molecule has 0 amide bonds. The van der Waals surface area contributed by atoms with Crippen LogP contribution in [0.15, 0.2) is 25.3 Å². The molecule has 2 saturated heterocycles. The first kappa shape index (κ1) is 35.6. The second-order valence-electron chi connectivity index (χ2n) is 12.1. The number of aromatic nitrogens is 8. The molecule has 19 nitrogen and oxygen atoms in total. The first-order valence-corrected chi connectivity index (χ1v) is 21.8. The van der Waals surface area contributed by atoms with E-state index in [1.165, 1.54) is 34.4 Å². The first-order valence-electron chi connectivity index (χ1n) is 14.9. The molecule has 0 bridgehead atoms. The fraction of sp³-hybridized carbons (Fsp3) is 0.600. The third-order valence-electron chi connectivity index (χ3n) is 7.62. The van der Waals surface area contributed by atoms with E-state index in [1.54, 1.807) is 0 Å². The van der Waals surface area contributed by atoms with Crippen molar-refractivity contribution in [2.24, 2.45) is 0 Å². The molecule has 2 fully saturated rings. The van der Waals surface area contributed by atoms with Crippen LogP contribution in [0.2, 0.25) is 0 Å². The van der Waals surface area contributed by atoms with Crippen LogP contribution in [0.4, 0.5) is 11.6 Å². The third-order valence-corrected chi connectivity index (χ3v) is 10.5. The number of imidazole rings is 2. The van der Waals surface area contributed by atoms with Gasteiger partial charge in [0.25, 0.3) is 0 Å². The summed E-state index contributed by atoms with van der Waals surface area (Å²) in [5.74, 6) is 0.638. The van der Waals surface area contributed by atoms with Gasteiger partial charge < -0.3 is 5.73 Å². The molecule has 2 aliphatic rings. The van der Waals surface area contributed by atoms with Crippen LogP contribution >= 0.6 is 38.0 Å². The number of nitrogens with zero attached hydrogens (tertiary/aromatic N) is 8. The molecule has 48 heavy (non-hydrogen) atoms. The van der Waals surface area contributed by atoms with Gasteiger partial charge in [-0.1, -0.05) is 0 Å². The number of ether oxygens (including phenoxy) is 2. The molecule has 23 heteroatoms. The van der Waals surface area contributed by atoms with Gasteiger partial charge in [0.05, 0.1) is 6.33 Å². The Balaban J connectivity index is 1.18. The maximum atomic E-state index is 13.6. The van der Waals surface area contributed by atoms with Crippen LogP contribution in [0.1, 0.15) is 26.3 Å². The molecule has 0 aromatic carbocycles. The van der Waals surface area contributed by atoms with Crippen molar-refractivity contribution in [3.8, 4) is 0 Å². The Morgan fingerprint density at radius 2 is 1.54 bits per heavy atom. The van der Waals surface area contributed by atoms with Gasteiger partial charge in [-0.15, -0.1) is 0 Å². The van der Waals surface area contributed by atoms with Gasteiger partial charge in [0.1, 0.15) is 11.8 Å². The second kappa shape index (κ2) is 13.8. The summed E-state index contributed by atoms with van der Waals surface area (Å²) < 4.78 is 45.9. The summed E-state index contributed by atoms with van der Waals surface area (Å²) in [5, 5.41) is 36.2. The second-order valence-corrected chi connectivity index (χ2v) is 21.4. The molecule has 0 unspecified atom stereocenters. The Bertz CT molecular complexity index is 1810. The summed E-state index contributed by atoms with van der Waals surface area (Å²) in [6, 6.07) is 0.0729. The van der Waals surface area contributed by atoms with E-state index in [-0.39, 0.29) is 29.6 Å². The van der Waals surface area contributed by atoms with Gasteiger partial charge in [-0.3, -0.25) is 0 Å². The van der Waals surface area contributed by atoms with Crippen molar-refractivity contribution in [2.75, 3.05) is 37.6 Å². The molecular weight excluding hydrogens is 710 g/mol. The fourth-order valence-corrected chi connectivity index (χ4v) is 7.71. The molecule has 6 N–H and O–H groups in total. The van der Waals surface area contributed by atoms with Crippen LogP contribution in [-0.4, -0.2) is 124 Å². The predicted octanol–water partition coefficient (Wildman–Crippen LogP) is 1.17. The van der Waals surface area contributed by atoms with Gasteiger partial charge in [-0.25, -0.2) is 15.0 Å². The summed E-state index contributed by atoms with van der Waals surface area (Å²) in [4.78, 5) is 25.2. The van der Waals surface area contributed by atoms with Crippen molar-refractivity contribution >= 4 is 71.9 Å². The molecule has 4 aromatic rings. The zero-order valence-electron chi connectivity index (χ0n) is 26.2. The van der Waals surface area contributed by atoms with E-state index in [0.717, 1.165) is 0 Å². The van der Waals surface area contributed by atoms with E-state index in [0.29, 0.717) is 17.0 Å². The number of aliphatic hydroxyl groups excluding tert-OH is 3. The normalized spacial score (nSPS) is 29.6. The Morgan fingerprint density at radius 3 is 2.21 bits per heavy atom. The maximum absolute atomic E-state index is 13.6. The zero-order valence-corrected chi connectivity index (χ0v) is 29.9. The minimum absolute atomic E-state index is 0.0538. The molecule has 264 valence electrons. The van der Waals surface area contributed by atoms with Crippen LogP contribution in [0.5, 0.6) is 0 Å². The van der Waals surface area contributed by atoms with E-state index < -0.39 is 69.2 Å². The standard InChI is InChI=1S/C25H38N10O9P2S2/c1-11(2)33-21-15-23(30-8-28-21)35(10-32-15)25-18(38)19(13(43-25)6-40-45(3,4)47)44-46(39,48)41-5-12-16(36)17(37)24(42-12)34-9-31-14-20(26)27-7-29-22(14)34/h7-13,16-19,24-25,36-38,45,47H,5-6H2,1-4H3,(H,39,48)(H2,26,27,29)(H,28,30,33)/t12-,13-,16-,17-,18-,19-,24-,25-,46+/m1/s1. The van der Waals surface area contributed by atoms with Gasteiger partial charge in [-0.2, -0.15) is 0 Å². The molecular formula is C25H38N10O9P2S2. The zero-order chi connectivity index (χ0) is 34.5. The first-order chi connectivity index (χ1) is 22.6. The summed E-state index contributed by atoms with van der Waals surface area (Å²) in [6.45, 7) is 0.424. The number of nitrogen functional groups attached to an aromatic ring is 1. The third kappa shape index (κ3) is 7.28. The summed E-state index contributed by atoms with van der Waals surface area (Å²) in [5.41, 5.74) is 7.27. The van der Waals surface area contributed by atoms with Gasteiger partial charge in [0.2, 0.25) is 0 Å². The van der Waals surface area contributed by atoms with Crippen molar-refractivity contribution in [3.05, 3.63) is 25.3 Å². The summed E-state index contributed by atoms with van der Waals surface area (Å²) >= 11 is 8.68. The van der Waals surface area contributed by atoms with Crippen molar-refractivity contribution < 1.29 is 42.9 Å². The topological polar surface area (TPSA) is 249 Å². The number of thiol groups is 2. The fourth-order valence-electron chi connectivity index (χ4n) is 5.42. The van der Waals surface area contributed by atoms with E-state index >= 15 is 0 Å². The Hall–Kier alpha value is -2.26. The van der Waals surface area contributed by atoms with E-state index in [2.05, 4.69) is 59.7 Å². The molecule has 2 aliphatic heterocycles. The van der Waals surface area contributed by atoms with Crippen LogP contribution in [-0.2, 0) is 27.6 Å². The van der Waals surface area contributed by atoms with Gasteiger partial charge >= 0.3 is 235 Å². The van der Waals surface area contributed by atoms with Crippen molar-refractivity contribution in [1.82, 2.24) is 39.0 Å². The average molecular weight is 749 g/mol. The predicted molar refractivity (Wildman–Crippen MR) is 182 cm³/mol. The molecule has 0 radical (unpaired) electrons. The van der Waals surface area contributed by atoms with Crippen LogP contribution < -0.4 is 11.1 Å². The number of aliphatic hydroxyl groups is 3. The minimum atomic E-state index is -4.28. The van der Waals surface area contributed by atoms with Crippen LogP contribution in [0.3, 0.4) is 0 Å². The molecule has 6 rings (SSSR count).